The zero-order chi connectivity index (χ0) is 11.3. The van der Waals surface area contributed by atoms with Crippen LogP contribution in [0.1, 0.15) is 17.5 Å². The standard InChI is InChI=1S/C13H21NO/c1-11-7-5-8-12(2)13(11)15-10-6-9-14(3)4/h5,7-8H,6,9-10H2,1-4H3/p+1. The normalized spacial score (nSPS) is 10.7. The van der Waals surface area contributed by atoms with Crippen LogP contribution < -0.4 is 9.64 Å². The van der Waals surface area contributed by atoms with Gasteiger partial charge in [0.1, 0.15) is 5.75 Å². The summed E-state index contributed by atoms with van der Waals surface area (Å²) in [5.41, 5.74) is 2.46. The van der Waals surface area contributed by atoms with Gasteiger partial charge < -0.3 is 9.64 Å². The lowest BCUT2D eigenvalue weighted by molar-refractivity contribution is -0.858. The zero-order valence-corrected chi connectivity index (χ0v) is 10.3. The molecule has 0 aliphatic rings. The molecule has 0 saturated carbocycles. The highest BCUT2D eigenvalue weighted by atomic mass is 16.5. The summed E-state index contributed by atoms with van der Waals surface area (Å²) in [5, 5.41) is 0. The van der Waals surface area contributed by atoms with Gasteiger partial charge >= 0.3 is 0 Å². The van der Waals surface area contributed by atoms with Crippen LogP contribution in [0.5, 0.6) is 5.75 Å². The number of aryl methyl sites for hydroxylation is 2. The van der Waals surface area contributed by atoms with E-state index in [0.29, 0.717) is 0 Å². The molecule has 1 aromatic rings. The van der Waals surface area contributed by atoms with E-state index >= 15 is 0 Å². The van der Waals surface area contributed by atoms with Gasteiger partial charge in [0.2, 0.25) is 0 Å². The Morgan fingerprint density at radius 2 is 1.73 bits per heavy atom. The molecule has 1 rings (SSSR count). The molecule has 0 atom stereocenters. The first-order valence-electron chi connectivity index (χ1n) is 5.59. The van der Waals surface area contributed by atoms with Crippen molar-refractivity contribution in [2.24, 2.45) is 0 Å². The number of benzene rings is 1. The highest BCUT2D eigenvalue weighted by Crippen LogP contribution is 2.22. The number of rotatable bonds is 5. The Morgan fingerprint density at radius 1 is 1.13 bits per heavy atom. The van der Waals surface area contributed by atoms with Gasteiger partial charge in [0, 0.05) is 6.42 Å². The predicted molar refractivity (Wildman–Crippen MR) is 63.7 cm³/mol. The second-order valence-electron chi connectivity index (χ2n) is 4.38. The lowest BCUT2D eigenvalue weighted by Gasteiger charge is -2.12. The van der Waals surface area contributed by atoms with Crippen molar-refractivity contribution in [3.8, 4) is 5.75 Å². The van der Waals surface area contributed by atoms with E-state index in [0.717, 1.165) is 25.3 Å². The summed E-state index contributed by atoms with van der Waals surface area (Å²) in [6.07, 6.45) is 1.11. The second-order valence-corrected chi connectivity index (χ2v) is 4.38. The minimum atomic E-state index is 0.816. The van der Waals surface area contributed by atoms with Crippen LogP contribution in [-0.2, 0) is 0 Å². The van der Waals surface area contributed by atoms with Crippen molar-refractivity contribution in [3.63, 3.8) is 0 Å². The van der Waals surface area contributed by atoms with Crippen molar-refractivity contribution in [1.82, 2.24) is 0 Å². The monoisotopic (exact) mass is 208 g/mol. The SMILES string of the molecule is Cc1cccc(C)c1OCCC[NH+](C)C. The third-order valence-corrected chi connectivity index (χ3v) is 2.48. The Balaban J connectivity index is 2.43. The van der Waals surface area contributed by atoms with Gasteiger partial charge in [-0.05, 0) is 25.0 Å². The number of para-hydroxylation sites is 1. The number of ether oxygens (including phenoxy) is 1. The van der Waals surface area contributed by atoms with Gasteiger partial charge in [0.25, 0.3) is 0 Å². The summed E-state index contributed by atoms with van der Waals surface area (Å²) < 4.78 is 5.80. The van der Waals surface area contributed by atoms with E-state index in [4.69, 9.17) is 4.74 Å². The van der Waals surface area contributed by atoms with Crippen molar-refractivity contribution in [3.05, 3.63) is 29.3 Å². The number of nitrogens with one attached hydrogen (secondary N) is 1. The molecular weight excluding hydrogens is 186 g/mol. The van der Waals surface area contributed by atoms with Gasteiger partial charge in [-0.2, -0.15) is 0 Å². The average Bonchev–Trinajstić information content (AvgIpc) is 2.15. The zero-order valence-electron chi connectivity index (χ0n) is 10.3. The molecule has 0 unspecified atom stereocenters. The molecule has 0 amide bonds. The minimum absolute atomic E-state index is 0.816. The summed E-state index contributed by atoms with van der Waals surface area (Å²) >= 11 is 0. The van der Waals surface area contributed by atoms with E-state index in [1.807, 2.05) is 0 Å². The van der Waals surface area contributed by atoms with Crippen LogP contribution in [0.4, 0.5) is 0 Å². The van der Waals surface area contributed by atoms with E-state index in [1.165, 1.54) is 16.0 Å². The first-order chi connectivity index (χ1) is 7.11. The molecule has 2 nitrogen and oxygen atoms in total. The molecule has 1 N–H and O–H groups in total. The van der Waals surface area contributed by atoms with Gasteiger partial charge in [-0.25, -0.2) is 0 Å². The van der Waals surface area contributed by atoms with E-state index in [1.54, 1.807) is 0 Å². The fourth-order valence-corrected chi connectivity index (χ4v) is 1.63. The van der Waals surface area contributed by atoms with Crippen molar-refractivity contribution in [2.45, 2.75) is 20.3 Å². The molecule has 0 aliphatic heterocycles. The molecule has 0 fully saturated rings. The Morgan fingerprint density at radius 3 is 2.27 bits per heavy atom. The van der Waals surface area contributed by atoms with Crippen LogP contribution >= 0.6 is 0 Å². The molecule has 0 heterocycles. The maximum absolute atomic E-state index is 5.80. The average molecular weight is 208 g/mol. The van der Waals surface area contributed by atoms with Crippen molar-refractivity contribution >= 4 is 0 Å². The van der Waals surface area contributed by atoms with Crippen molar-refractivity contribution in [1.29, 1.82) is 0 Å². The summed E-state index contributed by atoms with van der Waals surface area (Å²) in [4.78, 5) is 1.47. The molecule has 0 spiro atoms. The molecular formula is C13H22NO+. The number of hydrogen-bond donors (Lipinski definition) is 1. The quantitative estimate of drug-likeness (QED) is 0.718. The lowest BCUT2D eigenvalue weighted by Crippen LogP contribution is -3.05. The van der Waals surface area contributed by atoms with Crippen LogP contribution in [0, 0.1) is 13.8 Å². The van der Waals surface area contributed by atoms with E-state index in [2.05, 4.69) is 46.1 Å². The number of hydrogen-bond acceptors (Lipinski definition) is 1. The molecule has 1 aromatic carbocycles. The fraction of sp³-hybridized carbons (Fsp3) is 0.538. The summed E-state index contributed by atoms with van der Waals surface area (Å²) in [6.45, 7) is 6.17. The highest BCUT2D eigenvalue weighted by molar-refractivity contribution is 5.39. The lowest BCUT2D eigenvalue weighted by atomic mass is 10.1. The van der Waals surface area contributed by atoms with Crippen molar-refractivity contribution in [2.75, 3.05) is 27.2 Å². The summed E-state index contributed by atoms with van der Waals surface area (Å²) in [7, 11) is 4.33. The maximum Gasteiger partial charge on any atom is 0.125 e. The maximum atomic E-state index is 5.80. The van der Waals surface area contributed by atoms with Crippen LogP contribution in [0.3, 0.4) is 0 Å². The Kier molecular flexibility index (Phi) is 4.63. The molecule has 2 heteroatoms. The van der Waals surface area contributed by atoms with Crippen LogP contribution in [0.2, 0.25) is 0 Å². The summed E-state index contributed by atoms with van der Waals surface area (Å²) in [6, 6.07) is 6.26. The van der Waals surface area contributed by atoms with E-state index in [9.17, 15) is 0 Å². The molecule has 0 aromatic heterocycles. The topological polar surface area (TPSA) is 13.7 Å². The van der Waals surface area contributed by atoms with E-state index < -0.39 is 0 Å². The fourth-order valence-electron chi connectivity index (χ4n) is 1.63. The minimum Gasteiger partial charge on any atom is -0.493 e. The van der Waals surface area contributed by atoms with Gasteiger partial charge in [0.15, 0.2) is 0 Å². The first kappa shape index (κ1) is 12.1. The van der Waals surface area contributed by atoms with Gasteiger partial charge in [-0.15, -0.1) is 0 Å². The predicted octanol–water partition coefficient (Wildman–Crippen LogP) is 1.22. The molecule has 15 heavy (non-hydrogen) atoms. The van der Waals surface area contributed by atoms with Gasteiger partial charge in [-0.3, -0.25) is 0 Å². The second kappa shape index (κ2) is 5.76. The Hall–Kier alpha value is -1.02. The molecule has 0 aliphatic carbocycles. The number of quaternary nitrogens is 1. The third kappa shape index (κ3) is 3.92. The highest BCUT2D eigenvalue weighted by Gasteiger charge is 2.02. The first-order valence-corrected chi connectivity index (χ1v) is 5.59. The third-order valence-electron chi connectivity index (χ3n) is 2.48. The smallest absolute Gasteiger partial charge is 0.125 e. The molecule has 84 valence electrons. The van der Waals surface area contributed by atoms with Crippen molar-refractivity contribution < 1.29 is 9.64 Å². The van der Waals surface area contributed by atoms with Crippen LogP contribution in [0.25, 0.3) is 0 Å². The van der Waals surface area contributed by atoms with Crippen LogP contribution in [0.15, 0.2) is 18.2 Å². The summed E-state index contributed by atoms with van der Waals surface area (Å²) in [5.74, 6) is 1.06. The van der Waals surface area contributed by atoms with Gasteiger partial charge in [0.05, 0.1) is 27.2 Å². The molecule has 0 saturated heterocycles. The Labute approximate surface area is 92.9 Å². The van der Waals surface area contributed by atoms with Crippen LogP contribution in [-0.4, -0.2) is 27.2 Å². The molecule has 0 bridgehead atoms. The largest absolute Gasteiger partial charge is 0.493 e. The van der Waals surface area contributed by atoms with Gasteiger partial charge in [-0.1, -0.05) is 18.2 Å². The van der Waals surface area contributed by atoms with E-state index in [-0.39, 0.29) is 0 Å². The Bertz CT molecular complexity index is 287. The molecule has 0 radical (unpaired) electrons.